The Morgan fingerprint density at radius 3 is 2.33 bits per heavy atom. The Hall–Kier alpha value is -2.83. The molecule has 30 heavy (non-hydrogen) atoms. The van der Waals surface area contributed by atoms with Crippen LogP contribution < -0.4 is 16.6 Å². The molecule has 0 bridgehead atoms. The molecule has 162 valence electrons. The molecular formula is C17H17ClF3N5O3S. The number of carbonyl (C=O) groups is 1. The van der Waals surface area contributed by atoms with Crippen LogP contribution in [0.25, 0.3) is 0 Å². The Balaban J connectivity index is 2.42. The molecule has 4 N–H and O–H groups in total. The number of rotatable bonds is 5. The monoisotopic (exact) mass is 463 g/mol. The molecule has 0 aliphatic rings. The van der Waals surface area contributed by atoms with E-state index in [9.17, 15) is 26.4 Å². The molecule has 0 saturated carbocycles. The van der Waals surface area contributed by atoms with Crippen LogP contribution in [-0.4, -0.2) is 39.7 Å². The smallest absolute Gasteiger partial charge is 0.397 e. The number of carbonyl (C=O) groups excluding carboxylic acids is 1. The zero-order chi connectivity index (χ0) is 22.9. The van der Waals surface area contributed by atoms with Gasteiger partial charge in [-0.25, -0.2) is 10.9 Å². The number of hydrazine groups is 1. The molecule has 0 spiro atoms. The highest BCUT2D eigenvalue weighted by molar-refractivity contribution is 7.90. The Morgan fingerprint density at radius 1 is 1.17 bits per heavy atom. The first-order valence-corrected chi connectivity index (χ1v) is 9.88. The second-order valence-corrected chi connectivity index (χ2v) is 8.26. The maximum Gasteiger partial charge on any atom is 0.416 e. The summed E-state index contributed by atoms with van der Waals surface area (Å²) in [5.41, 5.74) is 3.82. The van der Waals surface area contributed by atoms with E-state index in [-0.39, 0.29) is 16.3 Å². The first-order valence-electron chi connectivity index (χ1n) is 8.06. The third-order valence-electron chi connectivity index (χ3n) is 3.71. The van der Waals surface area contributed by atoms with Gasteiger partial charge in [-0.3, -0.25) is 4.79 Å². The van der Waals surface area contributed by atoms with Crippen molar-refractivity contribution in [1.29, 1.82) is 0 Å². The van der Waals surface area contributed by atoms with Gasteiger partial charge >= 0.3 is 6.18 Å². The van der Waals surface area contributed by atoms with E-state index in [2.05, 4.69) is 4.40 Å². The predicted molar refractivity (Wildman–Crippen MR) is 108 cm³/mol. The van der Waals surface area contributed by atoms with E-state index in [0.29, 0.717) is 17.1 Å². The molecule has 0 saturated heterocycles. The fourth-order valence-corrected chi connectivity index (χ4v) is 3.67. The lowest BCUT2D eigenvalue weighted by atomic mass is 10.1. The van der Waals surface area contributed by atoms with Crippen LogP contribution in [0.15, 0.2) is 45.7 Å². The Morgan fingerprint density at radius 2 is 1.80 bits per heavy atom. The average molecular weight is 464 g/mol. The van der Waals surface area contributed by atoms with Crippen LogP contribution in [0.1, 0.15) is 15.9 Å². The first-order chi connectivity index (χ1) is 13.7. The number of nitrogen functional groups attached to an aromatic ring is 1. The van der Waals surface area contributed by atoms with Crippen molar-refractivity contribution >= 4 is 45.2 Å². The normalized spacial score (nSPS) is 12.2. The van der Waals surface area contributed by atoms with Crippen molar-refractivity contribution in [1.82, 2.24) is 4.90 Å². The molecule has 13 heteroatoms. The zero-order valence-electron chi connectivity index (χ0n) is 15.7. The molecule has 0 unspecified atom stereocenters. The van der Waals surface area contributed by atoms with Crippen LogP contribution in [0.2, 0.25) is 5.02 Å². The fraction of sp³-hybridized carbons (Fsp3) is 0.176. The van der Waals surface area contributed by atoms with Gasteiger partial charge in [0, 0.05) is 19.7 Å². The molecule has 2 rings (SSSR count). The van der Waals surface area contributed by atoms with Crippen LogP contribution in [0.5, 0.6) is 0 Å². The third-order valence-corrected chi connectivity index (χ3v) is 5.41. The summed E-state index contributed by atoms with van der Waals surface area (Å²) in [4.78, 5) is 13.6. The number of nitrogens with zero attached hydrogens (tertiary/aromatic N) is 3. The van der Waals surface area contributed by atoms with Crippen LogP contribution in [0, 0.1) is 0 Å². The number of sulfonamides is 1. The van der Waals surface area contributed by atoms with Gasteiger partial charge in [0.1, 0.15) is 11.2 Å². The lowest BCUT2D eigenvalue weighted by Gasteiger charge is -2.20. The molecule has 0 radical (unpaired) electrons. The lowest BCUT2D eigenvalue weighted by Crippen LogP contribution is -2.38. The largest absolute Gasteiger partial charge is 0.416 e. The maximum atomic E-state index is 12.8. The third kappa shape index (κ3) is 5.20. The average Bonchev–Trinajstić information content (AvgIpc) is 2.65. The molecule has 8 nitrogen and oxygen atoms in total. The molecule has 1 amide bonds. The summed E-state index contributed by atoms with van der Waals surface area (Å²) in [5.74, 6) is 4.81. The summed E-state index contributed by atoms with van der Waals surface area (Å²) in [5, 5.41) is 0.332. The Labute approximate surface area is 175 Å². The van der Waals surface area contributed by atoms with Crippen molar-refractivity contribution in [3.8, 4) is 0 Å². The number of anilines is 2. The van der Waals surface area contributed by atoms with Gasteiger partial charge in [0.25, 0.3) is 15.9 Å². The number of amides is 1. The number of benzene rings is 2. The van der Waals surface area contributed by atoms with Crippen molar-refractivity contribution in [3.63, 3.8) is 0 Å². The molecular weight excluding hydrogens is 447 g/mol. The Bertz CT molecular complexity index is 1100. The summed E-state index contributed by atoms with van der Waals surface area (Å²) in [6.45, 7) is 0. The van der Waals surface area contributed by atoms with Crippen molar-refractivity contribution in [3.05, 3.63) is 52.5 Å². The highest BCUT2D eigenvalue weighted by Crippen LogP contribution is 2.34. The number of nitrogens with two attached hydrogens (primary N) is 2. The van der Waals surface area contributed by atoms with E-state index in [1.807, 2.05) is 0 Å². The van der Waals surface area contributed by atoms with Gasteiger partial charge in [-0.2, -0.15) is 21.6 Å². The fourth-order valence-electron chi connectivity index (χ4n) is 2.25. The molecule has 2 aromatic carbocycles. The van der Waals surface area contributed by atoms with Gasteiger partial charge in [0.05, 0.1) is 22.0 Å². The summed E-state index contributed by atoms with van der Waals surface area (Å²) >= 11 is 5.93. The second-order valence-electron chi connectivity index (χ2n) is 6.25. The van der Waals surface area contributed by atoms with Crippen molar-refractivity contribution in [2.24, 2.45) is 10.2 Å². The van der Waals surface area contributed by atoms with Gasteiger partial charge in [0.15, 0.2) is 0 Å². The van der Waals surface area contributed by atoms with Gasteiger partial charge < -0.3 is 10.6 Å². The van der Waals surface area contributed by atoms with Crippen LogP contribution in [0.3, 0.4) is 0 Å². The molecule has 0 aliphatic heterocycles. The van der Waals surface area contributed by atoms with E-state index in [4.69, 9.17) is 23.2 Å². The van der Waals surface area contributed by atoms with Gasteiger partial charge in [-0.05, 0) is 36.4 Å². The molecule has 0 fully saturated rings. The predicted octanol–water partition coefficient (Wildman–Crippen LogP) is 2.74. The molecule has 0 aliphatic carbocycles. The highest BCUT2D eigenvalue weighted by atomic mass is 35.5. The van der Waals surface area contributed by atoms with E-state index < -0.39 is 38.3 Å². The second kappa shape index (κ2) is 8.50. The standard InChI is InChI=1S/C17H17ClF3N5O3S/c1-25(2)9-24-30(28,29)15-7-10(3-5-12(15)18)16(27)26(23)14-6-4-11(8-13(14)22)17(19,20)21/h3-9H,22-23H2,1-2H3. The summed E-state index contributed by atoms with van der Waals surface area (Å²) < 4.78 is 66.5. The van der Waals surface area contributed by atoms with E-state index >= 15 is 0 Å². The van der Waals surface area contributed by atoms with Gasteiger partial charge in [0.2, 0.25) is 0 Å². The number of hydrogen-bond acceptors (Lipinski definition) is 5. The zero-order valence-corrected chi connectivity index (χ0v) is 17.3. The minimum absolute atomic E-state index is 0.180. The van der Waals surface area contributed by atoms with E-state index in [0.717, 1.165) is 24.5 Å². The maximum absolute atomic E-state index is 12.8. The SMILES string of the molecule is CN(C)C=NS(=O)(=O)c1cc(C(=O)N(N)c2ccc(C(F)(F)F)cc2N)ccc1Cl. The summed E-state index contributed by atoms with van der Waals surface area (Å²) in [6.07, 6.45) is -3.58. The number of halogens is 4. The number of hydrogen-bond donors (Lipinski definition) is 2. The van der Waals surface area contributed by atoms with Crippen molar-refractivity contribution < 1.29 is 26.4 Å². The van der Waals surface area contributed by atoms with Gasteiger partial charge in [-0.15, -0.1) is 4.40 Å². The number of alkyl halides is 3. The topological polar surface area (TPSA) is 122 Å². The van der Waals surface area contributed by atoms with Crippen LogP contribution in [0.4, 0.5) is 24.5 Å². The van der Waals surface area contributed by atoms with Crippen LogP contribution in [-0.2, 0) is 16.2 Å². The van der Waals surface area contributed by atoms with Crippen molar-refractivity contribution in [2.75, 3.05) is 24.8 Å². The van der Waals surface area contributed by atoms with Crippen molar-refractivity contribution in [2.45, 2.75) is 11.1 Å². The molecule has 0 aromatic heterocycles. The summed E-state index contributed by atoms with van der Waals surface area (Å²) in [6, 6.07) is 5.62. The molecule has 0 heterocycles. The first kappa shape index (κ1) is 23.4. The minimum atomic E-state index is -4.62. The molecule has 2 aromatic rings. The Kier molecular flexibility index (Phi) is 6.64. The molecule has 0 atom stereocenters. The highest BCUT2D eigenvalue weighted by Gasteiger charge is 2.31. The minimum Gasteiger partial charge on any atom is -0.397 e. The van der Waals surface area contributed by atoms with Crippen LogP contribution >= 0.6 is 11.6 Å². The van der Waals surface area contributed by atoms with Gasteiger partial charge in [-0.1, -0.05) is 11.6 Å². The van der Waals surface area contributed by atoms with E-state index in [1.165, 1.54) is 11.0 Å². The van der Waals surface area contributed by atoms with E-state index in [1.54, 1.807) is 14.1 Å². The summed E-state index contributed by atoms with van der Waals surface area (Å²) in [7, 11) is -1.11. The lowest BCUT2D eigenvalue weighted by molar-refractivity contribution is -0.137. The quantitative estimate of drug-likeness (QED) is 0.175.